The molecule has 0 amide bonds. The summed E-state index contributed by atoms with van der Waals surface area (Å²) in [7, 11) is 0. The molecule has 154 valence electrons. The molecule has 4 aromatic rings. The van der Waals surface area contributed by atoms with Gasteiger partial charge < -0.3 is 11.5 Å². The first-order chi connectivity index (χ1) is 14.8. The molecule has 0 aliphatic heterocycles. The van der Waals surface area contributed by atoms with E-state index in [2.05, 4.69) is 0 Å². The number of benzene rings is 4. The van der Waals surface area contributed by atoms with E-state index in [4.69, 9.17) is 57.9 Å². The summed E-state index contributed by atoms with van der Waals surface area (Å²) in [6, 6.07) is 23.2. The number of hydrogen-bond acceptors (Lipinski definition) is 2. The van der Waals surface area contributed by atoms with Crippen molar-refractivity contribution >= 4 is 57.8 Å². The van der Waals surface area contributed by atoms with E-state index in [1.807, 2.05) is 60.7 Å². The summed E-state index contributed by atoms with van der Waals surface area (Å²) in [6.45, 7) is 0. The van der Waals surface area contributed by atoms with Gasteiger partial charge in [0.05, 0.1) is 25.5 Å². The summed E-state index contributed by atoms with van der Waals surface area (Å²) < 4.78 is 0. The summed E-state index contributed by atoms with van der Waals surface area (Å²) in [4.78, 5) is 0. The zero-order valence-electron chi connectivity index (χ0n) is 16.1. The quantitative estimate of drug-likeness (QED) is 0.250. The molecule has 5 rings (SSSR count). The van der Waals surface area contributed by atoms with Gasteiger partial charge in [-0.15, -0.1) is 0 Å². The van der Waals surface area contributed by atoms with Gasteiger partial charge in [-0.2, -0.15) is 0 Å². The molecule has 4 aromatic carbocycles. The Balaban J connectivity index is 2.00. The highest BCUT2D eigenvalue weighted by Gasteiger charge is 2.46. The molecular formula is C25H16Cl4N2. The van der Waals surface area contributed by atoms with Crippen LogP contribution in [0.5, 0.6) is 0 Å². The van der Waals surface area contributed by atoms with Gasteiger partial charge in [-0.3, -0.25) is 0 Å². The molecule has 0 saturated heterocycles. The summed E-state index contributed by atoms with van der Waals surface area (Å²) in [5, 5.41) is 1.88. The van der Waals surface area contributed by atoms with Crippen molar-refractivity contribution in [3.8, 4) is 11.1 Å². The van der Waals surface area contributed by atoms with Crippen molar-refractivity contribution in [1.29, 1.82) is 0 Å². The Kier molecular flexibility index (Phi) is 4.87. The average Bonchev–Trinajstić information content (AvgIpc) is 3.01. The SMILES string of the molecule is Nc1ccc2c(c1)C(c1ccc(Cl)c(Cl)c1)(c1ccc(Cl)c(Cl)c1)c1cc(N)ccc1-2. The van der Waals surface area contributed by atoms with Crippen LogP contribution >= 0.6 is 46.4 Å². The van der Waals surface area contributed by atoms with Crippen LogP contribution in [0.4, 0.5) is 11.4 Å². The van der Waals surface area contributed by atoms with Gasteiger partial charge in [0.15, 0.2) is 0 Å². The maximum absolute atomic E-state index is 6.49. The highest BCUT2D eigenvalue weighted by Crippen LogP contribution is 2.57. The Morgan fingerprint density at radius 3 is 1.29 bits per heavy atom. The van der Waals surface area contributed by atoms with Gasteiger partial charge in [0, 0.05) is 11.4 Å². The molecule has 0 atom stereocenters. The smallest absolute Gasteiger partial charge is 0.0716 e. The van der Waals surface area contributed by atoms with Crippen molar-refractivity contribution in [3.05, 3.63) is 115 Å². The van der Waals surface area contributed by atoms with Gasteiger partial charge in [0.1, 0.15) is 0 Å². The van der Waals surface area contributed by atoms with Crippen LogP contribution in [0.3, 0.4) is 0 Å². The van der Waals surface area contributed by atoms with Crippen LogP contribution in [0.25, 0.3) is 11.1 Å². The second kappa shape index (κ2) is 7.36. The van der Waals surface area contributed by atoms with Crippen LogP contribution in [-0.2, 0) is 5.41 Å². The first-order valence-electron chi connectivity index (χ1n) is 9.54. The van der Waals surface area contributed by atoms with Crippen LogP contribution in [-0.4, -0.2) is 0 Å². The molecule has 6 heteroatoms. The lowest BCUT2D eigenvalue weighted by Crippen LogP contribution is -2.29. The van der Waals surface area contributed by atoms with Crippen LogP contribution in [0, 0.1) is 0 Å². The monoisotopic (exact) mass is 484 g/mol. The topological polar surface area (TPSA) is 52.0 Å². The Bertz CT molecular complexity index is 1260. The summed E-state index contributed by atoms with van der Waals surface area (Å²) in [5.41, 5.74) is 19.1. The number of fused-ring (bicyclic) bond motifs is 3. The third-order valence-electron chi connectivity index (χ3n) is 5.89. The van der Waals surface area contributed by atoms with Crippen LogP contribution < -0.4 is 11.5 Å². The Hall–Kier alpha value is -2.36. The number of anilines is 2. The van der Waals surface area contributed by atoms with E-state index in [-0.39, 0.29) is 0 Å². The fourth-order valence-electron chi connectivity index (χ4n) is 4.61. The van der Waals surface area contributed by atoms with E-state index in [1.54, 1.807) is 12.1 Å². The van der Waals surface area contributed by atoms with Crippen molar-refractivity contribution in [2.75, 3.05) is 11.5 Å². The molecule has 31 heavy (non-hydrogen) atoms. The molecule has 1 aliphatic rings. The lowest BCUT2D eigenvalue weighted by Gasteiger charge is -2.34. The predicted octanol–water partition coefficient (Wildman–Crippen LogP) is 7.83. The second-order valence-corrected chi connectivity index (χ2v) is 9.25. The number of nitrogen functional groups attached to an aromatic ring is 2. The summed E-state index contributed by atoms with van der Waals surface area (Å²) >= 11 is 25.5. The number of nitrogens with two attached hydrogens (primary N) is 2. The van der Waals surface area contributed by atoms with Crippen molar-refractivity contribution < 1.29 is 0 Å². The minimum Gasteiger partial charge on any atom is -0.399 e. The van der Waals surface area contributed by atoms with Gasteiger partial charge in [-0.25, -0.2) is 0 Å². The zero-order valence-corrected chi connectivity index (χ0v) is 19.1. The number of rotatable bonds is 2. The maximum Gasteiger partial charge on any atom is 0.0716 e. The first-order valence-corrected chi connectivity index (χ1v) is 11.0. The standard InChI is InChI=1S/C25H16Cl4N2/c26-21-7-1-13(9-23(21)28)25(14-2-8-22(27)24(29)10-14)19-11-15(30)3-5-17(19)18-6-4-16(31)12-20(18)25/h1-12H,30-31H2. The van der Waals surface area contributed by atoms with Gasteiger partial charge in [0.25, 0.3) is 0 Å². The lowest BCUT2D eigenvalue weighted by atomic mass is 9.67. The Labute approximate surface area is 200 Å². The third-order valence-corrected chi connectivity index (χ3v) is 7.37. The third kappa shape index (κ3) is 3.01. The molecule has 0 unspecified atom stereocenters. The van der Waals surface area contributed by atoms with E-state index in [9.17, 15) is 0 Å². The van der Waals surface area contributed by atoms with Crippen LogP contribution in [0.15, 0.2) is 72.8 Å². The molecular weight excluding hydrogens is 470 g/mol. The Morgan fingerprint density at radius 2 is 0.903 bits per heavy atom. The number of hydrogen-bond donors (Lipinski definition) is 2. The molecule has 0 spiro atoms. The molecule has 4 N–H and O–H groups in total. The zero-order chi connectivity index (χ0) is 21.9. The minimum absolute atomic E-state index is 0.460. The first kappa shape index (κ1) is 20.5. The molecule has 0 aromatic heterocycles. The van der Waals surface area contributed by atoms with Gasteiger partial charge >= 0.3 is 0 Å². The predicted molar refractivity (Wildman–Crippen MR) is 133 cm³/mol. The van der Waals surface area contributed by atoms with Crippen molar-refractivity contribution in [3.63, 3.8) is 0 Å². The van der Waals surface area contributed by atoms with Gasteiger partial charge in [-0.1, -0.05) is 70.7 Å². The van der Waals surface area contributed by atoms with E-state index >= 15 is 0 Å². The highest BCUT2D eigenvalue weighted by molar-refractivity contribution is 6.42. The van der Waals surface area contributed by atoms with Crippen molar-refractivity contribution in [1.82, 2.24) is 0 Å². The molecule has 0 fully saturated rings. The molecule has 2 nitrogen and oxygen atoms in total. The van der Waals surface area contributed by atoms with E-state index in [1.165, 1.54) is 0 Å². The number of halogens is 4. The van der Waals surface area contributed by atoms with Gasteiger partial charge in [-0.05, 0) is 81.9 Å². The minimum atomic E-state index is -0.752. The van der Waals surface area contributed by atoms with Crippen molar-refractivity contribution in [2.45, 2.75) is 5.41 Å². The summed E-state index contributed by atoms with van der Waals surface area (Å²) in [5.74, 6) is 0. The highest BCUT2D eigenvalue weighted by atomic mass is 35.5. The molecule has 0 bridgehead atoms. The van der Waals surface area contributed by atoms with Gasteiger partial charge in [0.2, 0.25) is 0 Å². The van der Waals surface area contributed by atoms with E-state index in [0.29, 0.717) is 31.5 Å². The molecule has 0 radical (unpaired) electrons. The normalized spacial score (nSPS) is 13.7. The second-order valence-electron chi connectivity index (χ2n) is 7.62. The molecule has 0 heterocycles. The largest absolute Gasteiger partial charge is 0.399 e. The average molecular weight is 486 g/mol. The lowest BCUT2D eigenvalue weighted by molar-refractivity contribution is 0.769. The fourth-order valence-corrected chi connectivity index (χ4v) is 5.20. The fraction of sp³-hybridized carbons (Fsp3) is 0.0400. The van der Waals surface area contributed by atoms with Crippen LogP contribution in [0.1, 0.15) is 22.3 Å². The molecule has 0 saturated carbocycles. The van der Waals surface area contributed by atoms with E-state index < -0.39 is 5.41 Å². The van der Waals surface area contributed by atoms with Crippen LogP contribution in [0.2, 0.25) is 20.1 Å². The Morgan fingerprint density at radius 1 is 0.484 bits per heavy atom. The maximum atomic E-state index is 6.49. The summed E-state index contributed by atoms with van der Waals surface area (Å²) in [6.07, 6.45) is 0. The molecule has 1 aliphatic carbocycles. The van der Waals surface area contributed by atoms with Crippen molar-refractivity contribution in [2.24, 2.45) is 0 Å². The van der Waals surface area contributed by atoms with E-state index in [0.717, 1.165) is 33.4 Å².